The second-order valence-electron chi connectivity index (χ2n) is 5.89. The Labute approximate surface area is 150 Å². The Morgan fingerprint density at radius 1 is 1.16 bits per heavy atom. The maximum Gasteiger partial charge on any atom is 0.261 e. The molecule has 1 aromatic heterocycles. The molecule has 2 aromatic carbocycles. The van der Waals surface area contributed by atoms with E-state index >= 15 is 0 Å². The van der Waals surface area contributed by atoms with Crippen molar-refractivity contribution in [2.45, 2.75) is 19.5 Å². The van der Waals surface area contributed by atoms with Crippen molar-refractivity contribution in [1.29, 1.82) is 0 Å². The molecule has 5 nitrogen and oxygen atoms in total. The second-order valence-corrected chi connectivity index (χ2v) is 6.32. The molecule has 0 saturated carbocycles. The highest BCUT2D eigenvalue weighted by Gasteiger charge is 2.11. The molecule has 25 heavy (non-hydrogen) atoms. The number of para-hydroxylation sites is 1. The number of hydrogen-bond donors (Lipinski definition) is 0. The third-order valence-electron chi connectivity index (χ3n) is 4.06. The molecule has 0 saturated heterocycles. The molecular weight excluding hydrogens is 338 g/mol. The van der Waals surface area contributed by atoms with Crippen LogP contribution in [0.25, 0.3) is 10.9 Å². The fraction of sp³-hybridized carbons (Fsp3) is 0.211. The summed E-state index contributed by atoms with van der Waals surface area (Å²) in [5, 5.41) is 1.23. The second kappa shape index (κ2) is 7.49. The van der Waals surface area contributed by atoms with Crippen LogP contribution in [0.1, 0.15) is 12.0 Å². The summed E-state index contributed by atoms with van der Waals surface area (Å²) in [6.07, 6.45) is 1.74. The van der Waals surface area contributed by atoms with Gasteiger partial charge in [-0.2, -0.15) is 0 Å². The van der Waals surface area contributed by atoms with Crippen LogP contribution < -0.4 is 5.56 Å². The molecule has 128 valence electrons. The number of carbonyl (C=O) groups is 1. The summed E-state index contributed by atoms with van der Waals surface area (Å²) >= 11 is 5.87. The lowest BCUT2D eigenvalue weighted by molar-refractivity contribution is -0.130. The van der Waals surface area contributed by atoms with Crippen molar-refractivity contribution in [3.63, 3.8) is 0 Å². The van der Waals surface area contributed by atoms with Crippen molar-refractivity contribution in [3.05, 3.63) is 75.8 Å². The Morgan fingerprint density at radius 3 is 2.64 bits per heavy atom. The SMILES string of the molecule is CN(Cc1ccc(Cl)cc1)C(=O)CCn1cnc2ccccc2c1=O. The van der Waals surface area contributed by atoms with Crippen molar-refractivity contribution in [1.82, 2.24) is 14.5 Å². The standard InChI is InChI=1S/C19H18ClN3O2/c1-22(12-14-6-8-15(20)9-7-14)18(24)10-11-23-13-21-17-5-3-2-4-16(17)19(23)25/h2-9,13H,10-12H2,1H3. The van der Waals surface area contributed by atoms with E-state index in [4.69, 9.17) is 11.6 Å². The number of halogens is 1. The average molecular weight is 356 g/mol. The van der Waals surface area contributed by atoms with Crippen LogP contribution in [0, 0.1) is 0 Å². The highest BCUT2D eigenvalue weighted by Crippen LogP contribution is 2.11. The van der Waals surface area contributed by atoms with Gasteiger partial charge in [0, 0.05) is 31.6 Å². The van der Waals surface area contributed by atoms with Gasteiger partial charge >= 0.3 is 0 Å². The van der Waals surface area contributed by atoms with Crippen LogP contribution >= 0.6 is 11.6 Å². The fourth-order valence-electron chi connectivity index (χ4n) is 2.62. The highest BCUT2D eigenvalue weighted by molar-refractivity contribution is 6.30. The summed E-state index contributed by atoms with van der Waals surface area (Å²) < 4.78 is 1.48. The molecule has 1 heterocycles. The molecule has 0 atom stereocenters. The lowest BCUT2D eigenvalue weighted by atomic mass is 10.2. The Morgan fingerprint density at radius 2 is 1.88 bits per heavy atom. The van der Waals surface area contributed by atoms with Crippen LogP contribution in [-0.4, -0.2) is 27.4 Å². The van der Waals surface area contributed by atoms with Gasteiger partial charge < -0.3 is 4.90 Å². The predicted molar refractivity (Wildman–Crippen MR) is 98.5 cm³/mol. The smallest absolute Gasteiger partial charge is 0.261 e. The molecule has 0 aliphatic carbocycles. The zero-order chi connectivity index (χ0) is 17.8. The molecular formula is C19H18ClN3O2. The zero-order valence-electron chi connectivity index (χ0n) is 13.9. The van der Waals surface area contributed by atoms with E-state index in [1.54, 1.807) is 42.3 Å². The number of rotatable bonds is 5. The number of amides is 1. The van der Waals surface area contributed by atoms with Gasteiger partial charge in [-0.1, -0.05) is 35.9 Å². The molecule has 3 aromatic rings. The number of carbonyl (C=O) groups excluding carboxylic acids is 1. The molecule has 0 unspecified atom stereocenters. The van der Waals surface area contributed by atoms with Gasteiger partial charge in [-0.15, -0.1) is 0 Å². The third-order valence-corrected chi connectivity index (χ3v) is 4.31. The molecule has 1 amide bonds. The first-order chi connectivity index (χ1) is 12.0. The number of fused-ring (bicyclic) bond motifs is 1. The number of benzene rings is 2. The number of nitrogens with zero attached hydrogens (tertiary/aromatic N) is 3. The first-order valence-corrected chi connectivity index (χ1v) is 8.35. The molecule has 0 N–H and O–H groups in total. The summed E-state index contributed by atoms with van der Waals surface area (Å²) in [6.45, 7) is 0.807. The first kappa shape index (κ1) is 17.2. The van der Waals surface area contributed by atoms with Gasteiger partial charge in [0.15, 0.2) is 0 Å². The maximum atomic E-state index is 12.4. The van der Waals surface area contributed by atoms with Crippen LogP contribution in [0.4, 0.5) is 0 Å². The van der Waals surface area contributed by atoms with Crippen LogP contribution in [0.2, 0.25) is 5.02 Å². The molecule has 0 spiro atoms. The van der Waals surface area contributed by atoms with Crippen molar-refractivity contribution < 1.29 is 4.79 Å². The number of aryl methyl sites for hydroxylation is 1. The Balaban J connectivity index is 1.64. The van der Waals surface area contributed by atoms with E-state index in [0.29, 0.717) is 29.0 Å². The quantitative estimate of drug-likeness (QED) is 0.706. The average Bonchev–Trinajstić information content (AvgIpc) is 2.63. The topological polar surface area (TPSA) is 55.2 Å². The van der Waals surface area contributed by atoms with Crippen molar-refractivity contribution in [2.24, 2.45) is 0 Å². The van der Waals surface area contributed by atoms with Crippen molar-refractivity contribution >= 4 is 28.4 Å². The van der Waals surface area contributed by atoms with Gasteiger partial charge in [0.05, 0.1) is 17.2 Å². The van der Waals surface area contributed by atoms with Gasteiger partial charge in [-0.25, -0.2) is 4.98 Å². The van der Waals surface area contributed by atoms with Crippen LogP contribution in [0.15, 0.2) is 59.7 Å². The van der Waals surface area contributed by atoms with Gasteiger partial charge in [-0.3, -0.25) is 14.2 Å². The van der Waals surface area contributed by atoms with Gasteiger partial charge in [0.25, 0.3) is 5.56 Å². The van der Waals surface area contributed by atoms with E-state index in [2.05, 4.69) is 4.98 Å². The van der Waals surface area contributed by atoms with Crippen molar-refractivity contribution in [2.75, 3.05) is 7.05 Å². The monoisotopic (exact) mass is 355 g/mol. The predicted octanol–water partition coefficient (Wildman–Crippen LogP) is 3.10. The minimum atomic E-state index is -0.126. The first-order valence-electron chi connectivity index (χ1n) is 7.97. The molecule has 0 radical (unpaired) electrons. The van der Waals surface area contributed by atoms with Gasteiger partial charge in [0.2, 0.25) is 5.91 Å². The normalized spacial score (nSPS) is 10.8. The minimum absolute atomic E-state index is 0.0324. The van der Waals surface area contributed by atoms with E-state index in [0.717, 1.165) is 5.56 Å². The van der Waals surface area contributed by atoms with Crippen LogP contribution in [0.5, 0.6) is 0 Å². The molecule has 0 aliphatic heterocycles. The number of hydrogen-bond acceptors (Lipinski definition) is 3. The molecule has 0 bridgehead atoms. The third kappa shape index (κ3) is 4.06. The summed E-state index contributed by atoms with van der Waals surface area (Å²) in [5.74, 6) is -0.0324. The maximum absolute atomic E-state index is 12.4. The fourth-order valence-corrected chi connectivity index (χ4v) is 2.75. The summed E-state index contributed by atoms with van der Waals surface area (Å²) in [5.41, 5.74) is 1.54. The summed E-state index contributed by atoms with van der Waals surface area (Å²) in [4.78, 5) is 30.7. The lowest BCUT2D eigenvalue weighted by Crippen LogP contribution is -2.29. The van der Waals surface area contributed by atoms with Crippen LogP contribution in [0.3, 0.4) is 0 Å². The van der Waals surface area contributed by atoms with Crippen molar-refractivity contribution in [3.8, 4) is 0 Å². The van der Waals surface area contributed by atoms with E-state index in [1.165, 1.54) is 10.9 Å². The highest BCUT2D eigenvalue weighted by atomic mass is 35.5. The zero-order valence-corrected chi connectivity index (χ0v) is 14.6. The molecule has 6 heteroatoms. The Kier molecular flexibility index (Phi) is 5.14. The van der Waals surface area contributed by atoms with E-state index in [1.807, 2.05) is 18.2 Å². The molecule has 3 rings (SSSR count). The summed E-state index contributed by atoms with van der Waals surface area (Å²) in [7, 11) is 1.75. The minimum Gasteiger partial charge on any atom is -0.341 e. The van der Waals surface area contributed by atoms with Gasteiger partial charge in [0.1, 0.15) is 0 Å². The summed E-state index contributed by atoms with van der Waals surface area (Å²) in [6, 6.07) is 14.6. The van der Waals surface area contributed by atoms with Gasteiger partial charge in [-0.05, 0) is 29.8 Å². The molecule has 0 fully saturated rings. The molecule has 0 aliphatic rings. The van der Waals surface area contributed by atoms with E-state index < -0.39 is 0 Å². The van der Waals surface area contributed by atoms with Crippen LogP contribution in [-0.2, 0) is 17.9 Å². The van der Waals surface area contributed by atoms with E-state index in [9.17, 15) is 9.59 Å². The Hall–Kier alpha value is -2.66. The lowest BCUT2D eigenvalue weighted by Gasteiger charge is -2.17. The van der Waals surface area contributed by atoms with E-state index in [-0.39, 0.29) is 17.9 Å². The Bertz CT molecular complexity index is 951. The number of aromatic nitrogens is 2. The largest absolute Gasteiger partial charge is 0.341 e.